The maximum absolute atomic E-state index is 12.0. The Hall–Kier alpha value is -0.870. The first-order valence-electron chi connectivity index (χ1n) is 6.48. The molecule has 18 heavy (non-hydrogen) atoms. The lowest BCUT2D eigenvalue weighted by molar-refractivity contribution is -0.124. The normalized spacial score (nSPS) is 20.6. The fraction of sp³-hybridized carbons (Fsp3) is 0.643. The average molecular weight is 266 g/mol. The molecule has 0 unspecified atom stereocenters. The molecule has 0 saturated heterocycles. The van der Waals surface area contributed by atoms with Crippen LogP contribution >= 0.6 is 11.3 Å². The first-order valence-corrected chi connectivity index (χ1v) is 7.36. The second-order valence-corrected chi connectivity index (χ2v) is 6.99. The van der Waals surface area contributed by atoms with Crippen molar-refractivity contribution in [1.82, 2.24) is 10.2 Å². The minimum absolute atomic E-state index is 0.119. The van der Waals surface area contributed by atoms with E-state index in [1.54, 1.807) is 0 Å². The van der Waals surface area contributed by atoms with Gasteiger partial charge in [0.05, 0.1) is 6.54 Å². The number of thiophene rings is 1. The Morgan fingerprint density at radius 2 is 2.28 bits per heavy atom. The van der Waals surface area contributed by atoms with Gasteiger partial charge in [0.25, 0.3) is 0 Å². The Labute approximate surface area is 113 Å². The maximum atomic E-state index is 12.0. The second-order valence-electron chi connectivity index (χ2n) is 5.99. The van der Waals surface area contributed by atoms with Gasteiger partial charge in [0.2, 0.25) is 5.91 Å². The number of rotatable bonds is 2. The summed E-state index contributed by atoms with van der Waals surface area (Å²) in [5, 5.41) is 5.18. The van der Waals surface area contributed by atoms with Crippen LogP contribution in [0.15, 0.2) is 11.4 Å². The van der Waals surface area contributed by atoms with Crippen molar-refractivity contribution in [1.29, 1.82) is 0 Å². The highest BCUT2D eigenvalue weighted by atomic mass is 32.1. The van der Waals surface area contributed by atoms with Crippen molar-refractivity contribution in [3.05, 3.63) is 21.9 Å². The van der Waals surface area contributed by atoms with Gasteiger partial charge in [-0.3, -0.25) is 9.69 Å². The van der Waals surface area contributed by atoms with Gasteiger partial charge in [-0.1, -0.05) is 0 Å². The van der Waals surface area contributed by atoms with Crippen molar-refractivity contribution >= 4 is 17.2 Å². The van der Waals surface area contributed by atoms with E-state index < -0.39 is 0 Å². The molecule has 1 aliphatic rings. The van der Waals surface area contributed by atoms with Crippen molar-refractivity contribution in [3.8, 4) is 0 Å². The van der Waals surface area contributed by atoms with E-state index in [2.05, 4.69) is 28.6 Å². The molecular weight excluding hydrogens is 244 g/mol. The largest absolute Gasteiger partial charge is 0.350 e. The van der Waals surface area contributed by atoms with E-state index in [9.17, 15) is 4.79 Å². The SMILES string of the molecule is C[C@@H]1c2ccsc2CCN1CC(=O)NC(C)(C)C. The van der Waals surface area contributed by atoms with E-state index in [1.165, 1.54) is 10.4 Å². The Balaban J connectivity index is 1.98. The van der Waals surface area contributed by atoms with Gasteiger partial charge in [0.1, 0.15) is 0 Å². The van der Waals surface area contributed by atoms with E-state index in [4.69, 9.17) is 0 Å². The molecule has 0 radical (unpaired) electrons. The Morgan fingerprint density at radius 3 is 2.94 bits per heavy atom. The third kappa shape index (κ3) is 3.12. The number of carbonyl (C=O) groups is 1. The molecule has 4 heteroatoms. The number of carbonyl (C=O) groups excluding carboxylic acids is 1. The molecule has 1 aromatic heterocycles. The van der Waals surface area contributed by atoms with Gasteiger partial charge in [-0.25, -0.2) is 0 Å². The van der Waals surface area contributed by atoms with Crippen LogP contribution in [0.2, 0.25) is 0 Å². The van der Waals surface area contributed by atoms with Crippen LogP contribution in [0.25, 0.3) is 0 Å². The Bertz CT molecular complexity index is 433. The summed E-state index contributed by atoms with van der Waals surface area (Å²) >= 11 is 1.83. The van der Waals surface area contributed by atoms with Crippen LogP contribution in [-0.4, -0.2) is 29.4 Å². The van der Waals surface area contributed by atoms with Gasteiger partial charge < -0.3 is 5.32 Å². The molecule has 1 aliphatic heterocycles. The summed E-state index contributed by atoms with van der Waals surface area (Å²) in [4.78, 5) is 15.7. The van der Waals surface area contributed by atoms with Gasteiger partial charge in [0.15, 0.2) is 0 Å². The predicted molar refractivity (Wildman–Crippen MR) is 75.9 cm³/mol. The first-order chi connectivity index (χ1) is 8.37. The molecule has 0 fully saturated rings. The molecule has 1 N–H and O–H groups in total. The fourth-order valence-electron chi connectivity index (χ4n) is 2.42. The summed E-state index contributed by atoms with van der Waals surface area (Å²) in [6, 6.07) is 2.55. The molecule has 0 saturated carbocycles. The van der Waals surface area contributed by atoms with Crippen molar-refractivity contribution < 1.29 is 4.79 Å². The molecule has 3 nitrogen and oxygen atoms in total. The average Bonchev–Trinajstić information content (AvgIpc) is 2.68. The molecule has 0 aliphatic carbocycles. The number of amides is 1. The molecule has 2 rings (SSSR count). The van der Waals surface area contributed by atoms with E-state index >= 15 is 0 Å². The van der Waals surface area contributed by atoms with Crippen molar-refractivity contribution in [3.63, 3.8) is 0 Å². The van der Waals surface area contributed by atoms with Crippen molar-refractivity contribution in [2.45, 2.75) is 45.7 Å². The maximum Gasteiger partial charge on any atom is 0.234 e. The molecule has 1 amide bonds. The first kappa shape index (κ1) is 13.6. The fourth-order valence-corrected chi connectivity index (χ4v) is 3.38. The summed E-state index contributed by atoms with van der Waals surface area (Å²) < 4.78 is 0. The smallest absolute Gasteiger partial charge is 0.234 e. The zero-order valence-corrected chi connectivity index (χ0v) is 12.4. The van der Waals surface area contributed by atoms with E-state index in [1.807, 2.05) is 32.1 Å². The second kappa shape index (κ2) is 5.02. The minimum atomic E-state index is -0.149. The third-order valence-electron chi connectivity index (χ3n) is 3.26. The van der Waals surface area contributed by atoms with Crippen LogP contribution in [0.3, 0.4) is 0 Å². The topological polar surface area (TPSA) is 32.3 Å². The lowest BCUT2D eigenvalue weighted by atomic mass is 10.0. The molecule has 100 valence electrons. The highest BCUT2D eigenvalue weighted by Gasteiger charge is 2.26. The van der Waals surface area contributed by atoms with Crippen LogP contribution in [0.1, 0.15) is 44.2 Å². The monoisotopic (exact) mass is 266 g/mol. The molecule has 0 aromatic carbocycles. The Morgan fingerprint density at radius 1 is 1.56 bits per heavy atom. The van der Waals surface area contributed by atoms with Crippen molar-refractivity contribution in [2.75, 3.05) is 13.1 Å². The summed E-state index contributed by atoms with van der Waals surface area (Å²) in [6.07, 6.45) is 1.07. The van der Waals surface area contributed by atoms with Crippen LogP contribution in [0.5, 0.6) is 0 Å². The van der Waals surface area contributed by atoms with E-state index in [0.29, 0.717) is 12.6 Å². The van der Waals surface area contributed by atoms with E-state index in [0.717, 1.165) is 13.0 Å². The molecule has 1 aromatic rings. The number of nitrogens with one attached hydrogen (secondary N) is 1. The van der Waals surface area contributed by atoms with Crippen LogP contribution in [0.4, 0.5) is 0 Å². The van der Waals surface area contributed by atoms with Gasteiger partial charge in [-0.15, -0.1) is 11.3 Å². The quantitative estimate of drug-likeness (QED) is 0.892. The highest BCUT2D eigenvalue weighted by molar-refractivity contribution is 7.10. The lowest BCUT2D eigenvalue weighted by Gasteiger charge is -2.33. The van der Waals surface area contributed by atoms with Gasteiger partial charge in [-0.05, 0) is 51.1 Å². The standard InChI is InChI=1S/C14H22N2OS/c1-10-11-6-8-18-12(11)5-7-16(10)9-13(17)15-14(2,3)4/h6,8,10H,5,7,9H2,1-4H3,(H,15,17)/t10-/m1/s1. The number of nitrogens with zero attached hydrogens (tertiary/aromatic N) is 1. The summed E-state index contributed by atoms with van der Waals surface area (Å²) in [5.41, 5.74) is 1.25. The van der Waals surface area contributed by atoms with Crippen molar-refractivity contribution in [2.24, 2.45) is 0 Å². The van der Waals surface area contributed by atoms with E-state index in [-0.39, 0.29) is 11.4 Å². The molecule has 0 spiro atoms. The zero-order chi connectivity index (χ0) is 13.3. The summed E-state index contributed by atoms with van der Waals surface area (Å²) in [5.74, 6) is 0.119. The Kier molecular flexibility index (Phi) is 3.78. The summed E-state index contributed by atoms with van der Waals surface area (Å²) in [6.45, 7) is 9.71. The zero-order valence-electron chi connectivity index (χ0n) is 11.6. The number of hydrogen-bond acceptors (Lipinski definition) is 3. The highest BCUT2D eigenvalue weighted by Crippen LogP contribution is 2.32. The van der Waals surface area contributed by atoms with Crippen LogP contribution < -0.4 is 5.32 Å². The molecular formula is C14H22N2OS. The van der Waals surface area contributed by atoms with Crippen LogP contribution in [0, 0.1) is 0 Å². The molecule has 2 heterocycles. The predicted octanol–water partition coefficient (Wildman–Crippen LogP) is 2.58. The molecule has 0 bridgehead atoms. The molecule has 1 atom stereocenters. The summed E-state index contributed by atoms with van der Waals surface area (Å²) in [7, 11) is 0. The lowest BCUT2D eigenvalue weighted by Crippen LogP contribution is -2.47. The third-order valence-corrected chi connectivity index (χ3v) is 4.26. The van der Waals surface area contributed by atoms with Gasteiger partial charge in [-0.2, -0.15) is 0 Å². The minimum Gasteiger partial charge on any atom is -0.350 e. The van der Waals surface area contributed by atoms with Gasteiger partial charge >= 0.3 is 0 Å². The van der Waals surface area contributed by atoms with Gasteiger partial charge in [0, 0.05) is 23.0 Å². The van der Waals surface area contributed by atoms with Crippen LogP contribution in [-0.2, 0) is 11.2 Å². The number of hydrogen-bond donors (Lipinski definition) is 1. The number of fused-ring (bicyclic) bond motifs is 1.